The number of nitrogens with two attached hydrogens (primary N) is 1. The number of amides is 1. The van der Waals surface area contributed by atoms with Gasteiger partial charge in [-0.2, -0.15) is 13.2 Å². The molecule has 184 valence electrons. The van der Waals surface area contributed by atoms with Crippen molar-refractivity contribution in [3.63, 3.8) is 0 Å². The molecule has 11 heteroatoms. The summed E-state index contributed by atoms with van der Waals surface area (Å²) in [7, 11) is 2.02. The minimum absolute atomic E-state index is 0.0336. The molecule has 1 aliphatic heterocycles. The van der Waals surface area contributed by atoms with Crippen molar-refractivity contribution in [2.75, 3.05) is 32.5 Å². The number of aromatic nitrogens is 3. The van der Waals surface area contributed by atoms with Crippen LogP contribution in [-0.2, 0) is 0 Å². The van der Waals surface area contributed by atoms with E-state index in [4.69, 9.17) is 10.5 Å². The number of benzene rings is 1. The lowest BCUT2D eigenvalue weighted by atomic mass is 10.0. The number of nitrogens with zero attached hydrogens (tertiary/aromatic N) is 4. The lowest BCUT2D eigenvalue weighted by Crippen LogP contribution is -2.46. The van der Waals surface area contributed by atoms with Gasteiger partial charge >= 0.3 is 6.18 Å². The Hall–Kier alpha value is -3.73. The van der Waals surface area contributed by atoms with Gasteiger partial charge in [-0.15, -0.1) is 0 Å². The fourth-order valence-electron chi connectivity index (χ4n) is 3.87. The van der Waals surface area contributed by atoms with Crippen molar-refractivity contribution >= 4 is 11.9 Å². The molecule has 3 heterocycles. The van der Waals surface area contributed by atoms with E-state index in [1.165, 1.54) is 24.5 Å². The first-order valence-corrected chi connectivity index (χ1v) is 11.1. The lowest BCUT2D eigenvalue weighted by Gasteiger charge is -2.30. The number of likely N-dealkylation sites (tertiary alicyclic amines) is 1. The molecule has 1 saturated heterocycles. The normalized spacial score (nSPS) is 16.6. The summed E-state index contributed by atoms with van der Waals surface area (Å²) in [5.74, 6) is -0.0519. The summed E-state index contributed by atoms with van der Waals surface area (Å²) in [4.78, 5) is 27.9. The van der Waals surface area contributed by atoms with Crippen molar-refractivity contribution in [1.29, 1.82) is 0 Å². The maximum Gasteiger partial charge on any atom is 0.422 e. The van der Waals surface area contributed by atoms with E-state index >= 15 is 0 Å². The molecule has 35 heavy (non-hydrogen) atoms. The number of pyridine rings is 1. The highest BCUT2D eigenvalue weighted by molar-refractivity contribution is 5.96. The number of likely N-dealkylation sites (N-methyl/N-ethyl adjacent to an activating group) is 1. The van der Waals surface area contributed by atoms with Gasteiger partial charge in [0.05, 0.1) is 11.4 Å². The second-order valence-corrected chi connectivity index (χ2v) is 8.46. The predicted octanol–water partition coefficient (Wildman–Crippen LogP) is 3.55. The summed E-state index contributed by atoms with van der Waals surface area (Å²) in [5.41, 5.74) is 8.09. The van der Waals surface area contributed by atoms with Crippen LogP contribution in [0, 0.1) is 0 Å². The summed E-state index contributed by atoms with van der Waals surface area (Å²) in [6.07, 6.45) is 0.498. The minimum atomic E-state index is -4.43. The van der Waals surface area contributed by atoms with Gasteiger partial charge in [-0.05, 0) is 62.8 Å². The number of hydrogen-bond acceptors (Lipinski definition) is 7. The van der Waals surface area contributed by atoms with Gasteiger partial charge < -0.3 is 20.7 Å². The SMILES string of the molecule is CN1CCC[C@@H](NC(=O)c2cc(-c3ccc(OCC(F)(F)F)cc3)nc(-c3cnc(N)nc3)c2)C1. The van der Waals surface area contributed by atoms with Gasteiger partial charge in [0.25, 0.3) is 5.91 Å². The number of ether oxygens (including phenoxy) is 1. The van der Waals surface area contributed by atoms with Gasteiger partial charge in [0.1, 0.15) is 5.75 Å². The highest BCUT2D eigenvalue weighted by atomic mass is 19.4. The van der Waals surface area contributed by atoms with Crippen LogP contribution in [-0.4, -0.2) is 64.7 Å². The zero-order chi connectivity index (χ0) is 25.0. The third-order valence-electron chi connectivity index (χ3n) is 5.57. The molecule has 1 aliphatic rings. The first-order valence-electron chi connectivity index (χ1n) is 11.1. The van der Waals surface area contributed by atoms with Gasteiger partial charge in [0.2, 0.25) is 5.95 Å². The van der Waals surface area contributed by atoms with Crippen molar-refractivity contribution < 1.29 is 22.7 Å². The second-order valence-electron chi connectivity index (χ2n) is 8.46. The predicted molar refractivity (Wildman–Crippen MR) is 125 cm³/mol. The minimum Gasteiger partial charge on any atom is -0.484 e. The van der Waals surface area contributed by atoms with Crippen molar-refractivity contribution in [2.24, 2.45) is 0 Å². The number of carbonyl (C=O) groups is 1. The quantitative estimate of drug-likeness (QED) is 0.549. The summed E-state index contributed by atoms with van der Waals surface area (Å²) in [5, 5.41) is 3.09. The van der Waals surface area contributed by atoms with E-state index in [0.717, 1.165) is 25.9 Å². The number of rotatable bonds is 6. The van der Waals surface area contributed by atoms with Crippen LogP contribution >= 0.6 is 0 Å². The van der Waals surface area contributed by atoms with Crippen LogP contribution < -0.4 is 15.8 Å². The Morgan fingerprint density at radius 1 is 1.14 bits per heavy atom. The number of piperidine rings is 1. The van der Waals surface area contributed by atoms with Gasteiger partial charge in [-0.3, -0.25) is 4.79 Å². The van der Waals surface area contributed by atoms with Crippen LogP contribution in [0.2, 0.25) is 0 Å². The Morgan fingerprint density at radius 3 is 2.43 bits per heavy atom. The molecule has 2 aromatic heterocycles. The number of alkyl halides is 3. The molecule has 3 aromatic rings. The molecule has 1 amide bonds. The lowest BCUT2D eigenvalue weighted by molar-refractivity contribution is -0.153. The van der Waals surface area contributed by atoms with Crippen LogP contribution in [0.1, 0.15) is 23.2 Å². The highest BCUT2D eigenvalue weighted by Crippen LogP contribution is 2.27. The van der Waals surface area contributed by atoms with E-state index in [1.807, 2.05) is 7.05 Å². The number of hydrogen-bond donors (Lipinski definition) is 2. The van der Waals surface area contributed by atoms with Gasteiger partial charge in [-0.25, -0.2) is 15.0 Å². The number of nitrogen functional groups attached to an aromatic ring is 1. The average Bonchev–Trinajstić information content (AvgIpc) is 2.83. The largest absolute Gasteiger partial charge is 0.484 e. The molecule has 4 rings (SSSR count). The van der Waals surface area contributed by atoms with Crippen LogP contribution in [0.4, 0.5) is 19.1 Å². The Labute approximate surface area is 200 Å². The van der Waals surface area contributed by atoms with Crippen molar-refractivity contribution in [2.45, 2.75) is 25.1 Å². The number of carbonyl (C=O) groups excluding carboxylic acids is 1. The Balaban J connectivity index is 1.63. The Bertz CT molecular complexity index is 1170. The third kappa shape index (κ3) is 6.66. The standard InChI is InChI=1S/C24H25F3N6O2/c1-33-8-2-3-18(13-33)31-22(34)16-9-20(32-21(10-16)17-11-29-23(28)30-12-17)15-4-6-19(7-5-15)35-14-24(25,26)27/h4-7,9-12,18H,2-3,8,13-14H2,1H3,(H,31,34)(H2,28,29,30)/t18-/m1/s1. The Morgan fingerprint density at radius 2 is 1.80 bits per heavy atom. The molecule has 0 radical (unpaired) electrons. The van der Waals surface area contributed by atoms with Gasteiger partial charge in [0.15, 0.2) is 6.61 Å². The second kappa shape index (κ2) is 10.3. The Kier molecular flexibility index (Phi) is 7.15. The molecular weight excluding hydrogens is 461 g/mol. The van der Waals surface area contributed by atoms with E-state index < -0.39 is 12.8 Å². The van der Waals surface area contributed by atoms with E-state index in [1.54, 1.807) is 24.3 Å². The zero-order valence-corrected chi connectivity index (χ0v) is 19.0. The average molecular weight is 486 g/mol. The molecule has 0 unspecified atom stereocenters. The number of halogens is 3. The molecule has 0 saturated carbocycles. The third-order valence-corrected chi connectivity index (χ3v) is 5.57. The molecule has 1 atom stereocenters. The van der Waals surface area contributed by atoms with Crippen LogP contribution in [0.25, 0.3) is 22.5 Å². The summed E-state index contributed by atoms with van der Waals surface area (Å²) in [6, 6.07) is 9.38. The van der Waals surface area contributed by atoms with E-state index in [2.05, 4.69) is 25.2 Å². The first-order chi connectivity index (χ1) is 16.7. The molecule has 1 fully saturated rings. The fraction of sp³-hybridized carbons (Fsp3) is 0.333. The fourth-order valence-corrected chi connectivity index (χ4v) is 3.87. The van der Waals surface area contributed by atoms with Gasteiger partial charge in [0, 0.05) is 41.7 Å². The summed E-state index contributed by atoms with van der Waals surface area (Å²) >= 11 is 0. The van der Waals surface area contributed by atoms with Crippen molar-refractivity contribution in [1.82, 2.24) is 25.2 Å². The number of nitrogens with one attached hydrogen (secondary N) is 1. The van der Waals surface area contributed by atoms with Crippen molar-refractivity contribution in [3.05, 3.63) is 54.4 Å². The maximum absolute atomic E-state index is 13.1. The van der Waals surface area contributed by atoms with E-state index in [9.17, 15) is 18.0 Å². The molecule has 3 N–H and O–H groups in total. The van der Waals surface area contributed by atoms with E-state index in [-0.39, 0.29) is 23.6 Å². The topological polar surface area (TPSA) is 106 Å². The summed E-state index contributed by atoms with van der Waals surface area (Å²) in [6.45, 7) is 0.384. The summed E-state index contributed by atoms with van der Waals surface area (Å²) < 4.78 is 42.1. The number of anilines is 1. The molecule has 0 bridgehead atoms. The molecular formula is C24H25F3N6O2. The smallest absolute Gasteiger partial charge is 0.422 e. The van der Waals surface area contributed by atoms with Crippen molar-refractivity contribution in [3.8, 4) is 28.3 Å². The molecule has 0 spiro atoms. The van der Waals surface area contributed by atoms with E-state index in [0.29, 0.717) is 28.1 Å². The zero-order valence-electron chi connectivity index (χ0n) is 19.0. The molecule has 1 aromatic carbocycles. The van der Waals surface area contributed by atoms with Crippen LogP contribution in [0.15, 0.2) is 48.8 Å². The first kappa shape index (κ1) is 24.4. The maximum atomic E-state index is 13.1. The molecule has 0 aliphatic carbocycles. The highest BCUT2D eigenvalue weighted by Gasteiger charge is 2.28. The molecule has 8 nitrogen and oxygen atoms in total. The van der Waals surface area contributed by atoms with Gasteiger partial charge in [-0.1, -0.05) is 0 Å². The van der Waals surface area contributed by atoms with Crippen LogP contribution in [0.5, 0.6) is 5.75 Å². The monoisotopic (exact) mass is 486 g/mol. The van der Waals surface area contributed by atoms with Crippen LogP contribution in [0.3, 0.4) is 0 Å².